The highest BCUT2D eigenvalue weighted by atomic mass is 16.6. The van der Waals surface area contributed by atoms with Crippen LogP contribution in [0.1, 0.15) is 36.0 Å². The fourth-order valence-corrected chi connectivity index (χ4v) is 2.86. The van der Waals surface area contributed by atoms with E-state index in [1.54, 1.807) is 30.1 Å². The molecule has 1 aromatic rings. The maximum Gasteiger partial charge on any atom is 0.253 e. The average molecular weight is 289 g/mol. The number of benzene rings is 1. The van der Waals surface area contributed by atoms with Gasteiger partial charge in [-0.1, -0.05) is 0 Å². The van der Waals surface area contributed by atoms with E-state index in [-0.39, 0.29) is 11.9 Å². The SMILES string of the molecule is CN(C(=O)c1ccc2c(c1)OCCO2)C1CCC(=O)CC1. The van der Waals surface area contributed by atoms with E-state index in [4.69, 9.17) is 9.47 Å². The number of ketones is 1. The van der Waals surface area contributed by atoms with Crippen LogP contribution >= 0.6 is 0 Å². The normalized spacial score (nSPS) is 18.4. The van der Waals surface area contributed by atoms with E-state index in [2.05, 4.69) is 0 Å². The molecule has 1 amide bonds. The average Bonchev–Trinajstić information content (AvgIpc) is 2.54. The van der Waals surface area contributed by atoms with E-state index in [9.17, 15) is 9.59 Å². The Morgan fingerprint density at radius 2 is 1.81 bits per heavy atom. The Bertz CT molecular complexity index is 559. The molecule has 0 atom stereocenters. The molecule has 2 aliphatic rings. The highest BCUT2D eigenvalue weighted by molar-refractivity contribution is 5.95. The molecule has 1 heterocycles. The minimum absolute atomic E-state index is 0.0358. The molecule has 0 radical (unpaired) electrons. The number of hydrogen-bond acceptors (Lipinski definition) is 4. The summed E-state index contributed by atoms with van der Waals surface area (Å²) in [5.41, 5.74) is 0.596. The highest BCUT2D eigenvalue weighted by Crippen LogP contribution is 2.31. The molecule has 0 aromatic heterocycles. The molecule has 1 aliphatic heterocycles. The van der Waals surface area contributed by atoms with E-state index in [1.165, 1.54) is 0 Å². The topological polar surface area (TPSA) is 55.8 Å². The first-order chi connectivity index (χ1) is 10.1. The number of Topliss-reactive ketones (excluding diaryl/α,β-unsaturated/α-hetero) is 1. The number of amides is 1. The van der Waals surface area contributed by atoms with Crippen LogP contribution < -0.4 is 9.47 Å². The lowest BCUT2D eigenvalue weighted by atomic mass is 9.93. The standard InChI is InChI=1S/C16H19NO4/c1-17(12-3-5-13(18)6-4-12)16(19)11-2-7-14-15(10-11)21-9-8-20-14/h2,7,10,12H,3-6,8-9H2,1H3. The molecule has 1 fully saturated rings. The first-order valence-corrected chi connectivity index (χ1v) is 7.33. The van der Waals surface area contributed by atoms with Gasteiger partial charge in [-0.25, -0.2) is 0 Å². The first-order valence-electron chi connectivity index (χ1n) is 7.33. The van der Waals surface area contributed by atoms with Crippen LogP contribution in [-0.4, -0.2) is 42.9 Å². The second kappa shape index (κ2) is 5.76. The van der Waals surface area contributed by atoms with Crippen LogP contribution in [0.25, 0.3) is 0 Å². The van der Waals surface area contributed by atoms with Crippen molar-refractivity contribution in [3.05, 3.63) is 23.8 Å². The third kappa shape index (κ3) is 2.86. The van der Waals surface area contributed by atoms with Gasteiger partial charge >= 0.3 is 0 Å². The number of ether oxygens (including phenoxy) is 2. The highest BCUT2D eigenvalue weighted by Gasteiger charge is 2.26. The molecule has 0 N–H and O–H groups in total. The summed E-state index contributed by atoms with van der Waals surface area (Å²) in [5.74, 6) is 1.57. The van der Waals surface area contributed by atoms with Crippen molar-refractivity contribution in [2.24, 2.45) is 0 Å². The molecule has 1 aromatic carbocycles. The second-order valence-corrected chi connectivity index (χ2v) is 5.54. The summed E-state index contributed by atoms with van der Waals surface area (Å²) in [7, 11) is 1.81. The van der Waals surface area contributed by atoms with Gasteiger partial charge in [-0.2, -0.15) is 0 Å². The van der Waals surface area contributed by atoms with Crippen molar-refractivity contribution in [2.75, 3.05) is 20.3 Å². The summed E-state index contributed by atoms with van der Waals surface area (Å²) in [5, 5.41) is 0. The lowest BCUT2D eigenvalue weighted by Gasteiger charge is -2.31. The number of hydrogen-bond donors (Lipinski definition) is 0. The van der Waals surface area contributed by atoms with E-state index in [0.29, 0.717) is 48.9 Å². The molecule has 0 unspecified atom stereocenters. The van der Waals surface area contributed by atoms with Crippen LogP contribution in [0.15, 0.2) is 18.2 Å². The lowest BCUT2D eigenvalue weighted by Crippen LogP contribution is -2.39. The van der Waals surface area contributed by atoms with Gasteiger partial charge in [0.15, 0.2) is 11.5 Å². The third-order valence-corrected chi connectivity index (χ3v) is 4.17. The van der Waals surface area contributed by atoms with Crippen molar-refractivity contribution in [2.45, 2.75) is 31.7 Å². The van der Waals surface area contributed by atoms with Gasteiger partial charge < -0.3 is 14.4 Å². The van der Waals surface area contributed by atoms with Gasteiger partial charge in [-0.05, 0) is 31.0 Å². The Morgan fingerprint density at radius 1 is 1.14 bits per heavy atom. The minimum atomic E-state index is -0.0358. The van der Waals surface area contributed by atoms with E-state index < -0.39 is 0 Å². The predicted octanol–water partition coefficient (Wildman–Crippen LogP) is 2.04. The Kier molecular flexibility index (Phi) is 3.82. The Balaban J connectivity index is 1.73. The molecule has 0 saturated heterocycles. The maximum absolute atomic E-state index is 12.6. The lowest BCUT2D eigenvalue weighted by molar-refractivity contribution is -0.121. The maximum atomic E-state index is 12.6. The fourth-order valence-electron chi connectivity index (χ4n) is 2.86. The summed E-state index contributed by atoms with van der Waals surface area (Å²) >= 11 is 0. The summed E-state index contributed by atoms with van der Waals surface area (Å²) < 4.78 is 11.0. The first kappa shape index (κ1) is 13.9. The molecular weight excluding hydrogens is 270 g/mol. The van der Waals surface area contributed by atoms with Crippen molar-refractivity contribution < 1.29 is 19.1 Å². The monoisotopic (exact) mass is 289 g/mol. The van der Waals surface area contributed by atoms with E-state index in [0.717, 1.165) is 12.8 Å². The van der Waals surface area contributed by atoms with Crippen LogP contribution in [0.5, 0.6) is 11.5 Å². The molecule has 5 nitrogen and oxygen atoms in total. The molecule has 3 rings (SSSR count). The number of fused-ring (bicyclic) bond motifs is 1. The zero-order valence-corrected chi connectivity index (χ0v) is 12.1. The van der Waals surface area contributed by atoms with Crippen LogP contribution in [0.2, 0.25) is 0 Å². The zero-order chi connectivity index (χ0) is 14.8. The fraction of sp³-hybridized carbons (Fsp3) is 0.500. The number of carbonyl (C=O) groups is 2. The van der Waals surface area contributed by atoms with Crippen molar-refractivity contribution in [3.8, 4) is 11.5 Å². The van der Waals surface area contributed by atoms with Gasteiger partial charge in [0, 0.05) is 31.5 Å². The van der Waals surface area contributed by atoms with Crippen LogP contribution in [0.3, 0.4) is 0 Å². The number of rotatable bonds is 2. The second-order valence-electron chi connectivity index (χ2n) is 5.54. The Hall–Kier alpha value is -2.04. The molecule has 5 heteroatoms. The van der Waals surface area contributed by atoms with E-state index in [1.807, 2.05) is 0 Å². The van der Waals surface area contributed by atoms with Crippen LogP contribution in [-0.2, 0) is 4.79 Å². The molecule has 0 spiro atoms. The Labute approximate surface area is 123 Å². The zero-order valence-electron chi connectivity index (χ0n) is 12.1. The molecule has 0 bridgehead atoms. The van der Waals surface area contributed by atoms with Crippen molar-refractivity contribution in [1.82, 2.24) is 4.90 Å². The number of carbonyl (C=O) groups excluding carboxylic acids is 2. The Morgan fingerprint density at radius 3 is 2.52 bits per heavy atom. The summed E-state index contributed by atoms with van der Waals surface area (Å²) in [6.45, 7) is 1.04. The molecular formula is C16H19NO4. The summed E-state index contributed by atoms with van der Waals surface area (Å²) in [4.78, 5) is 25.6. The molecule has 1 saturated carbocycles. The van der Waals surface area contributed by atoms with Gasteiger partial charge in [-0.15, -0.1) is 0 Å². The molecule has 112 valence electrons. The van der Waals surface area contributed by atoms with Gasteiger partial charge in [0.05, 0.1) is 0 Å². The van der Waals surface area contributed by atoms with Gasteiger partial charge in [0.2, 0.25) is 0 Å². The van der Waals surface area contributed by atoms with Gasteiger partial charge in [0.1, 0.15) is 19.0 Å². The smallest absolute Gasteiger partial charge is 0.253 e. The van der Waals surface area contributed by atoms with Crippen molar-refractivity contribution in [1.29, 1.82) is 0 Å². The molecule has 21 heavy (non-hydrogen) atoms. The van der Waals surface area contributed by atoms with Crippen molar-refractivity contribution >= 4 is 11.7 Å². The predicted molar refractivity (Wildman–Crippen MR) is 76.8 cm³/mol. The summed E-state index contributed by atoms with van der Waals surface area (Å²) in [6.07, 6.45) is 2.66. The minimum Gasteiger partial charge on any atom is -0.486 e. The summed E-state index contributed by atoms with van der Waals surface area (Å²) in [6, 6.07) is 5.42. The van der Waals surface area contributed by atoms with Gasteiger partial charge in [-0.3, -0.25) is 9.59 Å². The van der Waals surface area contributed by atoms with Gasteiger partial charge in [0.25, 0.3) is 5.91 Å². The third-order valence-electron chi connectivity index (χ3n) is 4.17. The number of nitrogens with zero attached hydrogens (tertiary/aromatic N) is 1. The quantitative estimate of drug-likeness (QED) is 0.836. The van der Waals surface area contributed by atoms with Crippen LogP contribution in [0.4, 0.5) is 0 Å². The largest absolute Gasteiger partial charge is 0.486 e. The molecule has 1 aliphatic carbocycles. The van der Waals surface area contributed by atoms with Crippen molar-refractivity contribution in [3.63, 3.8) is 0 Å². The van der Waals surface area contributed by atoms with E-state index >= 15 is 0 Å². The van der Waals surface area contributed by atoms with Crippen LogP contribution in [0, 0.1) is 0 Å².